The van der Waals surface area contributed by atoms with Crippen molar-refractivity contribution in [3.05, 3.63) is 35.5 Å². The molecule has 0 saturated heterocycles. The maximum Gasteiger partial charge on any atom is 0.224 e. The average molecular weight is 244 g/mol. The molecule has 2 N–H and O–H groups in total. The molecule has 1 aromatic carbocycles. The van der Waals surface area contributed by atoms with Crippen molar-refractivity contribution in [2.45, 2.75) is 39.7 Å². The van der Waals surface area contributed by atoms with Gasteiger partial charge < -0.3 is 10.3 Å². The van der Waals surface area contributed by atoms with Crippen molar-refractivity contribution in [3.63, 3.8) is 0 Å². The summed E-state index contributed by atoms with van der Waals surface area (Å²) >= 11 is 0. The summed E-state index contributed by atoms with van der Waals surface area (Å²) in [5.74, 6) is 0.0617. The highest BCUT2D eigenvalue weighted by atomic mass is 16.1. The number of benzene rings is 1. The predicted molar refractivity (Wildman–Crippen MR) is 74.6 cm³/mol. The van der Waals surface area contributed by atoms with Crippen molar-refractivity contribution < 1.29 is 4.79 Å². The molecule has 0 saturated carbocycles. The molecule has 0 bridgehead atoms. The maximum atomic E-state index is 12.0. The Labute approximate surface area is 108 Å². The van der Waals surface area contributed by atoms with Gasteiger partial charge in [0, 0.05) is 22.6 Å². The number of hydrogen-bond donors (Lipinski definition) is 2. The summed E-state index contributed by atoms with van der Waals surface area (Å²) in [6.07, 6.45) is 2.35. The van der Waals surface area contributed by atoms with Crippen molar-refractivity contribution in [2.75, 3.05) is 0 Å². The van der Waals surface area contributed by atoms with E-state index >= 15 is 0 Å². The van der Waals surface area contributed by atoms with Gasteiger partial charge in [0.1, 0.15) is 0 Å². The molecule has 2 rings (SSSR count). The van der Waals surface area contributed by atoms with Crippen molar-refractivity contribution in [2.24, 2.45) is 0 Å². The van der Waals surface area contributed by atoms with Crippen LogP contribution in [0.25, 0.3) is 10.9 Å². The molecule has 18 heavy (non-hydrogen) atoms. The van der Waals surface area contributed by atoms with Crippen molar-refractivity contribution in [3.8, 4) is 0 Å². The van der Waals surface area contributed by atoms with E-state index < -0.39 is 0 Å². The molecule has 0 atom stereocenters. The minimum absolute atomic E-state index is 0.0617. The number of aryl methyl sites for hydroxylation is 1. The number of amides is 1. The van der Waals surface area contributed by atoms with E-state index in [2.05, 4.69) is 23.3 Å². The number of nitrogens with one attached hydrogen (secondary N) is 2. The number of carbonyl (C=O) groups excluding carboxylic acids is 1. The molecule has 3 nitrogen and oxygen atoms in total. The first-order valence-corrected chi connectivity index (χ1v) is 6.23. The summed E-state index contributed by atoms with van der Waals surface area (Å²) in [6, 6.07) is 6.13. The molecular formula is C15H20N2O. The lowest BCUT2D eigenvalue weighted by Crippen LogP contribution is -2.41. The molecule has 0 spiro atoms. The summed E-state index contributed by atoms with van der Waals surface area (Å²) in [6.45, 7) is 8.05. The van der Waals surface area contributed by atoms with Crippen LogP contribution in [0.5, 0.6) is 0 Å². The molecule has 96 valence electrons. The van der Waals surface area contributed by atoms with E-state index in [0.717, 1.165) is 11.1 Å². The van der Waals surface area contributed by atoms with Crippen LogP contribution in [0.3, 0.4) is 0 Å². The SMILES string of the molecule is Cc1cccc2[nH]cc(CC(=O)NC(C)(C)C)c12. The lowest BCUT2D eigenvalue weighted by molar-refractivity contribution is -0.121. The molecule has 1 aromatic heterocycles. The molecule has 2 aromatic rings. The summed E-state index contributed by atoms with van der Waals surface area (Å²) in [5.41, 5.74) is 3.17. The standard InChI is InChI=1S/C15H20N2O/c1-10-6-5-7-12-14(10)11(9-16-12)8-13(18)17-15(2,3)4/h5-7,9,16H,8H2,1-4H3,(H,17,18). The number of aromatic amines is 1. The molecule has 0 aliphatic carbocycles. The van der Waals surface area contributed by atoms with Crippen molar-refractivity contribution in [1.82, 2.24) is 10.3 Å². The Morgan fingerprint density at radius 1 is 1.33 bits per heavy atom. The van der Waals surface area contributed by atoms with Crippen LogP contribution in [-0.4, -0.2) is 16.4 Å². The Balaban J connectivity index is 2.25. The van der Waals surface area contributed by atoms with Crippen LogP contribution >= 0.6 is 0 Å². The highest BCUT2D eigenvalue weighted by molar-refractivity contribution is 5.91. The third-order valence-corrected chi connectivity index (χ3v) is 2.86. The number of carbonyl (C=O) groups is 1. The fourth-order valence-corrected chi connectivity index (χ4v) is 2.23. The van der Waals surface area contributed by atoms with Gasteiger partial charge in [0.15, 0.2) is 0 Å². The number of hydrogen-bond acceptors (Lipinski definition) is 1. The first-order chi connectivity index (χ1) is 8.37. The van der Waals surface area contributed by atoms with Crippen LogP contribution in [0.2, 0.25) is 0 Å². The van der Waals surface area contributed by atoms with Crippen LogP contribution in [0.15, 0.2) is 24.4 Å². The Morgan fingerprint density at radius 3 is 2.72 bits per heavy atom. The van der Waals surface area contributed by atoms with Crippen LogP contribution in [-0.2, 0) is 11.2 Å². The third kappa shape index (κ3) is 2.73. The topological polar surface area (TPSA) is 44.9 Å². The summed E-state index contributed by atoms with van der Waals surface area (Å²) in [4.78, 5) is 15.2. The van der Waals surface area contributed by atoms with Gasteiger partial charge in [-0.15, -0.1) is 0 Å². The third-order valence-electron chi connectivity index (χ3n) is 2.86. The quantitative estimate of drug-likeness (QED) is 0.838. The Bertz CT molecular complexity index is 576. The Morgan fingerprint density at radius 2 is 2.06 bits per heavy atom. The van der Waals surface area contributed by atoms with Crippen LogP contribution in [0.1, 0.15) is 31.9 Å². The molecule has 1 heterocycles. The normalized spacial score (nSPS) is 11.8. The number of aromatic nitrogens is 1. The van der Waals surface area contributed by atoms with Crippen LogP contribution in [0.4, 0.5) is 0 Å². The van der Waals surface area contributed by atoms with E-state index in [-0.39, 0.29) is 11.4 Å². The van der Waals surface area contributed by atoms with E-state index in [0.29, 0.717) is 6.42 Å². The second kappa shape index (κ2) is 4.48. The van der Waals surface area contributed by atoms with Crippen molar-refractivity contribution >= 4 is 16.8 Å². The van der Waals surface area contributed by atoms with Gasteiger partial charge in [-0.25, -0.2) is 0 Å². The van der Waals surface area contributed by atoms with Crippen molar-refractivity contribution in [1.29, 1.82) is 0 Å². The van der Waals surface area contributed by atoms with Gasteiger partial charge in [-0.3, -0.25) is 4.79 Å². The maximum absolute atomic E-state index is 12.0. The average Bonchev–Trinajstić information content (AvgIpc) is 2.59. The fourth-order valence-electron chi connectivity index (χ4n) is 2.23. The van der Waals surface area contributed by atoms with E-state index in [4.69, 9.17) is 0 Å². The summed E-state index contributed by atoms with van der Waals surface area (Å²) in [7, 11) is 0. The molecule has 1 amide bonds. The van der Waals surface area contributed by atoms with E-state index in [9.17, 15) is 4.79 Å². The first-order valence-electron chi connectivity index (χ1n) is 6.23. The number of fused-ring (bicyclic) bond motifs is 1. The van der Waals surface area contributed by atoms with Gasteiger partial charge in [0.25, 0.3) is 0 Å². The molecule has 0 radical (unpaired) electrons. The zero-order valence-electron chi connectivity index (χ0n) is 11.4. The van der Waals surface area contributed by atoms with Crippen LogP contribution < -0.4 is 5.32 Å². The second-order valence-electron chi connectivity index (χ2n) is 5.79. The molecule has 0 unspecified atom stereocenters. The summed E-state index contributed by atoms with van der Waals surface area (Å²) < 4.78 is 0. The van der Waals surface area contributed by atoms with E-state index in [1.165, 1.54) is 10.9 Å². The van der Waals surface area contributed by atoms with Gasteiger partial charge >= 0.3 is 0 Å². The minimum atomic E-state index is -0.182. The molecule has 0 aliphatic rings. The minimum Gasteiger partial charge on any atom is -0.361 e. The predicted octanol–water partition coefficient (Wildman–Crippen LogP) is 2.93. The number of rotatable bonds is 2. The Kier molecular flexibility index (Phi) is 3.16. The lowest BCUT2D eigenvalue weighted by Gasteiger charge is -2.20. The first kappa shape index (κ1) is 12.7. The highest BCUT2D eigenvalue weighted by Crippen LogP contribution is 2.22. The van der Waals surface area contributed by atoms with Gasteiger partial charge in [-0.2, -0.15) is 0 Å². The highest BCUT2D eigenvalue weighted by Gasteiger charge is 2.16. The van der Waals surface area contributed by atoms with Gasteiger partial charge in [0.05, 0.1) is 6.42 Å². The largest absolute Gasteiger partial charge is 0.361 e. The van der Waals surface area contributed by atoms with Gasteiger partial charge in [-0.05, 0) is 44.9 Å². The van der Waals surface area contributed by atoms with Gasteiger partial charge in [-0.1, -0.05) is 12.1 Å². The van der Waals surface area contributed by atoms with Gasteiger partial charge in [0.2, 0.25) is 5.91 Å². The zero-order valence-corrected chi connectivity index (χ0v) is 11.4. The summed E-state index contributed by atoms with van der Waals surface area (Å²) in [5, 5.41) is 4.16. The smallest absolute Gasteiger partial charge is 0.224 e. The molecular weight excluding hydrogens is 224 g/mol. The van der Waals surface area contributed by atoms with E-state index in [1.54, 1.807) is 0 Å². The molecule has 0 aliphatic heterocycles. The molecule has 3 heteroatoms. The molecule has 0 fully saturated rings. The van der Waals surface area contributed by atoms with Crippen LogP contribution in [0, 0.1) is 6.92 Å². The Hall–Kier alpha value is -1.77. The second-order valence-corrected chi connectivity index (χ2v) is 5.79. The van der Waals surface area contributed by atoms with E-state index in [1.807, 2.05) is 39.1 Å². The lowest BCUT2D eigenvalue weighted by atomic mass is 10.0. The fraction of sp³-hybridized carbons (Fsp3) is 0.400. The monoisotopic (exact) mass is 244 g/mol. The number of H-pyrrole nitrogens is 1. The zero-order chi connectivity index (χ0) is 13.3.